The van der Waals surface area contributed by atoms with Gasteiger partial charge in [0, 0.05) is 11.6 Å². The number of nitrogen functional groups attached to an aromatic ring is 1. The van der Waals surface area contributed by atoms with E-state index in [2.05, 4.69) is 5.32 Å². The minimum atomic E-state index is -0.368. The first-order valence-corrected chi connectivity index (χ1v) is 9.24. The van der Waals surface area contributed by atoms with E-state index >= 15 is 0 Å². The van der Waals surface area contributed by atoms with E-state index in [1.54, 1.807) is 36.4 Å². The standard InChI is InChI=1S/C21H21N3O3.ClH/c22-17-8-4-5-9-18(17)23-19(25)13-10-11-15-16(12-13)21(27)24(20(15)26)14-6-2-1-3-7-14;/h4-5,8-12,14H,1-3,6-7,22H2,(H,23,25);1H. The van der Waals surface area contributed by atoms with E-state index in [1.165, 1.54) is 11.0 Å². The number of rotatable bonds is 3. The van der Waals surface area contributed by atoms with E-state index in [-0.39, 0.29) is 36.2 Å². The van der Waals surface area contributed by atoms with E-state index in [0.29, 0.717) is 28.1 Å². The van der Waals surface area contributed by atoms with Gasteiger partial charge in [-0.15, -0.1) is 12.4 Å². The number of halogens is 1. The van der Waals surface area contributed by atoms with Gasteiger partial charge in [0.1, 0.15) is 0 Å². The van der Waals surface area contributed by atoms with Crippen molar-refractivity contribution >= 4 is 41.5 Å². The predicted molar refractivity (Wildman–Crippen MR) is 110 cm³/mol. The van der Waals surface area contributed by atoms with Crippen LogP contribution in [0.2, 0.25) is 0 Å². The van der Waals surface area contributed by atoms with E-state index in [4.69, 9.17) is 5.73 Å². The monoisotopic (exact) mass is 399 g/mol. The first-order valence-electron chi connectivity index (χ1n) is 9.24. The van der Waals surface area contributed by atoms with Gasteiger partial charge in [0.05, 0.1) is 22.5 Å². The third kappa shape index (κ3) is 3.47. The molecule has 1 saturated carbocycles. The molecule has 2 aliphatic rings. The second-order valence-corrected chi connectivity index (χ2v) is 7.07. The molecule has 146 valence electrons. The van der Waals surface area contributed by atoms with Crippen LogP contribution in [0, 0.1) is 0 Å². The van der Waals surface area contributed by atoms with Gasteiger partial charge in [-0.3, -0.25) is 19.3 Å². The van der Waals surface area contributed by atoms with Gasteiger partial charge in [-0.05, 0) is 43.2 Å². The molecule has 0 atom stereocenters. The molecule has 1 heterocycles. The highest BCUT2D eigenvalue weighted by atomic mass is 35.5. The zero-order valence-electron chi connectivity index (χ0n) is 15.3. The number of anilines is 2. The Hall–Kier alpha value is -2.86. The summed E-state index contributed by atoms with van der Waals surface area (Å²) in [6.07, 6.45) is 4.92. The maximum atomic E-state index is 12.8. The lowest BCUT2D eigenvalue weighted by atomic mass is 9.94. The zero-order valence-corrected chi connectivity index (χ0v) is 16.1. The van der Waals surface area contributed by atoms with E-state index < -0.39 is 0 Å². The molecule has 4 rings (SSSR count). The number of carbonyl (C=O) groups is 3. The van der Waals surface area contributed by atoms with Gasteiger partial charge in [0.25, 0.3) is 17.7 Å². The van der Waals surface area contributed by atoms with Crippen LogP contribution in [-0.2, 0) is 0 Å². The highest BCUT2D eigenvalue weighted by Crippen LogP contribution is 2.31. The Bertz CT molecular complexity index is 938. The average Bonchev–Trinajstić information content (AvgIpc) is 2.94. The Morgan fingerprint density at radius 2 is 1.64 bits per heavy atom. The highest BCUT2D eigenvalue weighted by molar-refractivity contribution is 6.22. The average molecular weight is 400 g/mol. The number of para-hydroxylation sites is 2. The Morgan fingerprint density at radius 3 is 2.36 bits per heavy atom. The van der Waals surface area contributed by atoms with Crippen LogP contribution < -0.4 is 11.1 Å². The summed E-state index contributed by atoms with van der Waals surface area (Å²) < 4.78 is 0. The lowest BCUT2D eigenvalue weighted by Gasteiger charge is -2.29. The number of hydrogen-bond donors (Lipinski definition) is 2. The second-order valence-electron chi connectivity index (χ2n) is 7.07. The smallest absolute Gasteiger partial charge is 0.261 e. The Kier molecular flexibility index (Phi) is 5.70. The molecule has 3 N–H and O–H groups in total. The highest BCUT2D eigenvalue weighted by Gasteiger charge is 2.40. The number of nitrogens with one attached hydrogen (secondary N) is 1. The van der Waals surface area contributed by atoms with Crippen molar-refractivity contribution in [2.75, 3.05) is 11.1 Å². The zero-order chi connectivity index (χ0) is 19.0. The topological polar surface area (TPSA) is 92.5 Å². The number of nitrogens with two attached hydrogens (primary N) is 1. The molecule has 1 aliphatic carbocycles. The van der Waals surface area contributed by atoms with Crippen LogP contribution in [0.25, 0.3) is 0 Å². The minimum Gasteiger partial charge on any atom is -0.397 e. The summed E-state index contributed by atoms with van der Waals surface area (Å²) in [6, 6.07) is 11.6. The van der Waals surface area contributed by atoms with Crippen molar-refractivity contribution in [2.45, 2.75) is 38.1 Å². The van der Waals surface area contributed by atoms with Crippen molar-refractivity contribution in [2.24, 2.45) is 0 Å². The van der Waals surface area contributed by atoms with Crippen molar-refractivity contribution in [1.82, 2.24) is 4.90 Å². The summed E-state index contributed by atoms with van der Waals surface area (Å²) in [4.78, 5) is 39.5. The van der Waals surface area contributed by atoms with Gasteiger partial charge >= 0.3 is 0 Å². The summed E-state index contributed by atoms with van der Waals surface area (Å²) in [7, 11) is 0. The Morgan fingerprint density at radius 1 is 0.964 bits per heavy atom. The largest absolute Gasteiger partial charge is 0.397 e. The molecule has 1 aliphatic heterocycles. The van der Waals surface area contributed by atoms with Gasteiger partial charge in [0.15, 0.2) is 0 Å². The normalized spacial score (nSPS) is 16.5. The molecule has 28 heavy (non-hydrogen) atoms. The Balaban J connectivity index is 0.00000225. The summed E-state index contributed by atoms with van der Waals surface area (Å²) in [5.74, 6) is -0.913. The quantitative estimate of drug-likeness (QED) is 0.605. The fraction of sp³-hybridized carbons (Fsp3) is 0.286. The SMILES string of the molecule is Cl.Nc1ccccc1NC(=O)c1ccc2c(c1)C(=O)N(C1CCCCC1)C2=O. The van der Waals surface area contributed by atoms with Crippen LogP contribution in [0.4, 0.5) is 11.4 Å². The molecule has 0 radical (unpaired) electrons. The number of amides is 3. The van der Waals surface area contributed by atoms with E-state index in [9.17, 15) is 14.4 Å². The summed E-state index contributed by atoms with van der Waals surface area (Å²) >= 11 is 0. The summed E-state index contributed by atoms with van der Waals surface area (Å²) in [5.41, 5.74) is 7.83. The third-order valence-corrected chi connectivity index (χ3v) is 5.33. The van der Waals surface area contributed by atoms with Crippen LogP contribution >= 0.6 is 12.4 Å². The molecule has 0 saturated heterocycles. The van der Waals surface area contributed by atoms with Gasteiger partial charge in [0.2, 0.25) is 0 Å². The molecule has 2 aromatic rings. The number of imide groups is 1. The molecule has 3 amide bonds. The van der Waals surface area contributed by atoms with Crippen LogP contribution in [0.15, 0.2) is 42.5 Å². The van der Waals surface area contributed by atoms with Crippen molar-refractivity contribution in [3.8, 4) is 0 Å². The van der Waals surface area contributed by atoms with Crippen LogP contribution in [0.3, 0.4) is 0 Å². The maximum absolute atomic E-state index is 12.8. The number of benzene rings is 2. The van der Waals surface area contributed by atoms with Crippen molar-refractivity contribution in [3.05, 3.63) is 59.2 Å². The van der Waals surface area contributed by atoms with Crippen LogP contribution in [0.1, 0.15) is 63.2 Å². The molecule has 0 unspecified atom stereocenters. The second kappa shape index (κ2) is 8.02. The van der Waals surface area contributed by atoms with E-state index in [0.717, 1.165) is 32.1 Å². The lowest BCUT2D eigenvalue weighted by Crippen LogP contribution is -2.40. The van der Waals surface area contributed by atoms with Gasteiger partial charge in [-0.1, -0.05) is 31.4 Å². The molecule has 6 nitrogen and oxygen atoms in total. The maximum Gasteiger partial charge on any atom is 0.261 e. The van der Waals surface area contributed by atoms with Crippen molar-refractivity contribution in [3.63, 3.8) is 0 Å². The fourth-order valence-corrected chi connectivity index (χ4v) is 3.88. The molecule has 7 heteroatoms. The summed E-state index contributed by atoms with van der Waals surface area (Å²) in [5, 5.41) is 2.74. The molecule has 0 aromatic heterocycles. The molecular weight excluding hydrogens is 378 g/mol. The Labute approximate surface area is 169 Å². The van der Waals surface area contributed by atoms with Gasteiger partial charge in [-0.2, -0.15) is 0 Å². The molecular formula is C21H22ClN3O3. The summed E-state index contributed by atoms with van der Waals surface area (Å²) in [6.45, 7) is 0. The third-order valence-electron chi connectivity index (χ3n) is 5.33. The van der Waals surface area contributed by atoms with Gasteiger partial charge < -0.3 is 11.1 Å². The van der Waals surface area contributed by atoms with Crippen LogP contribution in [0.5, 0.6) is 0 Å². The first-order chi connectivity index (χ1) is 13.1. The molecule has 0 spiro atoms. The fourth-order valence-electron chi connectivity index (χ4n) is 3.88. The number of carbonyl (C=O) groups excluding carboxylic acids is 3. The lowest BCUT2D eigenvalue weighted by molar-refractivity contribution is 0.0549. The van der Waals surface area contributed by atoms with Gasteiger partial charge in [-0.25, -0.2) is 0 Å². The van der Waals surface area contributed by atoms with Crippen molar-refractivity contribution in [1.29, 1.82) is 0 Å². The molecule has 2 aromatic carbocycles. The van der Waals surface area contributed by atoms with E-state index in [1.807, 2.05) is 0 Å². The number of hydrogen-bond acceptors (Lipinski definition) is 4. The first kappa shape index (κ1) is 19.9. The number of nitrogens with zero attached hydrogens (tertiary/aromatic N) is 1. The molecule has 1 fully saturated rings. The van der Waals surface area contributed by atoms with Crippen LogP contribution in [-0.4, -0.2) is 28.7 Å². The van der Waals surface area contributed by atoms with Crippen molar-refractivity contribution < 1.29 is 14.4 Å². The predicted octanol–water partition coefficient (Wildman–Crippen LogP) is 3.87. The molecule has 0 bridgehead atoms. The number of fused-ring (bicyclic) bond motifs is 1. The minimum absolute atomic E-state index is 0.